The Morgan fingerprint density at radius 1 is 0.788 bits per heavy atom. The summed E-state index contributed by atoms with van der Waals surface area (Å²) in [6.07, 6.45) is 4.50. The summed E-state index contributed by atoms with van der Waals surface area (Å²) in [7, 11) is -0.515. The highest BCUT2D eigenvalue weighted by Gasteiger charge is 2.58. The molecule has 0 amide bonds. The monoisotopic (exact) mass is 457 g/mol. The van der Waals surface area contributed by atoms with Crippen LogP contribution in [0.5, 0.6) is 0 Å². The summed E-state index contributed by atoms with van der Waals surface area (Å²) in [5, 5.41) is 3.91. The molecular formula is C30H39NOSi. The van der Waals surface area contributed by atoms with E-state index in [0.717, 1.165) is 12.8 Å². The molecule has 1 heterocycles. The molecule has 2 unspecified atom stereocenters. The molecule has 0 bridgehead atoms. The molecule has 1 fully saturated rings. The Morgan fingerprint density at radius 2 is 1.21 bits per heavy atom. The third kappa shape index (κ3) is 4.01. The van der Waals surface area contributed by atoms with E-state index in [0.29, 0.717) is 6.04 Å². The summed E-state index contributed by atoms with van der Waals surface area (Å²) in [6, 6.07) is 33.5. The lowest BCUT2D eigenvalue weighted by Crippen LogP contribution is -2.77. The van der Waals surface area contributed by atoms with Gasteiger partial charge < -0.3 is 4.43 Å². The van der Waals surface area contributed by atoms with Crippen LogP contribution in [0.3, 0.4) is 0 Å². The Hall–Kier alpha value is -2.20. The summed E-state index contributed by atoms with van der Waals surface area (Å²) < 4.78 is 7.90. The van der Waals surface area contributed by atoms with Gasteiger partial charge in [-0.1, -0.05) is 119 Å². The van der Waals surface area contributed by atoms with Crippen LogP contribution in [-0.2, 0) is 4.43 Å². The maximum absolute atomic E-state index is 7.90. The van der Waals surface area contributed by atoms with Gasteiger partial charge in [-0.2, -0.15) is 0 Å². The number of benzene rings is 3. The van der Waals surface area contributed by atoms with Gasteiger partial charge in [0.25, 0.3) is 8.32 Å². The molecule has 0 spiro atoms. The van der Waals surface area contributed by atoms with Crippen molar-refractivity contribution in [2.24, 2.45) is 5.41 Å². The smallest absolute Gasteiger partial charge is 0.290 e. The van der Waals surface area contributed by atoms with Crippen LogP contribution in [0, 0.1) is 5.41 Å². The van der Waals surface area contributed by atoms with Gasteiger partial charge in [0.2, 0.25) is 0 Å². The Labute approximate surface area is 201 Å². The first-order valence-electron chi connectivity index (χ1n) is 12.5. The van der Waals surface area contributed by atoms with Gasteiger partial charge in [-0.25, -0.2) is 0 Å². The first kappa shape index (κ1) is 23.9. The Bertz CT molecular complexity index is 924. The lowest BCUT2D eigenvalue weighted by Gasteiger charge is -2.61. The molecule has 1 aliphatic rings. The molecule has 0 radical (unpaired) electrons. The van der Waals surface area contributed by atoms with E-state index in [9.17, 15) is 0 Å². The lowest BCUT2D eigenvalue weighted by atomic mass is 9.70. The van der Waals surface area contributed by atoms with Crippen molar-refractivity contribution in [1.29, 1.82) is 0 Å². The number of rotatable bonds is 7. The van der Waals surface area contributed by atoms with Crippen LogP contribution in [0.25, 0.3) is 0 Å². The Morgan fingerprint density at radius 3 is 1.58 bits per heavy atom. The van der Waals surface area contributed by atoms with Crippen molar-refractivity contribution in [2.45, 2.75) is 65.1 Å². The summed E-state index contributed by atoms with van der Waals surface area (Å²) in [5.41, 5.74) is -0.335. The van der Waals surface area contributed by atoms with E-state index in [-0.39, 0.29) is 11.1 Å². The topological polar surface area (TPSA) is 12.5 Å². The first-order chi connectivity index (χ1) is 15.9. The van der Waals surface area contributed by atoms with Crippen molar-refractivity contribution in [3.8, 4) is 0 Å². The standard InChI is InChI=1S/C30H39NOSi/c1-6-25-23-24-29(3,4)30(7-2,31(25)5)32-33(26-17-11-8-12-18-26,27-19-13-9-14-20-27)28-21-15-10-16-22-28/h8-22,25H,6-7,23-24H2,1-5H3. The number of hydrogen-bond donors (Lipinski definition) is 0. The first-order valence-corrected chi connectivity index (χ1v) is 14.4. The summed E-state index contributed by atoms with van der Waals surface area (Å²) in [4.78, 5) is 2.59. The molecule has 33 heavy (non-hydrogen) atoms. The fraction of sp³-hybridized carbons (Fsp3) is 0.400. The SMILES string of the molecule is CCC1CCC(C)(C)C(CC)(O[Si](c2ccccc2)(c2ccccc2)c2ccccc2)N1C. The highest BCUT2D eigenvalue weighted by atomic mass is 28.4. The fourth-order valence-corrected chi connectivity index (χ4v) is 10.5. The molecule has 0 aliphatic carbocycles. The van der Waals surface area contributed by atoms with Crippen LogP contribution in [0.15, 0.2) is 91.0 Å². The molecular weight excluding hydrogens is 418 g/mol. The van der Waals surface area contributed by atoms with Gasteiger partial charge in [0.1, 0.15) is 5.72 Å². The fourth-order valence-electron chi connectivity index (χ4n) is 6.13. The molecule has 1 aliphatic heterocycles. The van der Waals surface area contributed by atoms with Gasteiger partial charge in [0.05, 0.1) is 0 Å². The predicted molar refractivity (Wildman–Crippen MR) is 143 cm³/mol. The molecule has 2 nitrogen and oxygen atoms in total. The maximum Gasteiger partial charge on any atom is 0.290 e. The highest BCUT2D eigenvalue weighted by Crippen LogP contribution is 2.49. The molecule has 3 aromatic carbocycles. The molecule has 3 heteroatoms. The molecule has 1 saturated heterocycles. The molecule has 0 saturated carbocycles. The van der Waals surface area contributed by atoms with Crippen molar-refractivity contribution in [2.75, 3.05) is 7.05 Å². The zero-order chi connectivity index (χ0) is 23.5. The van der Waals surface area contributed by atoms with Crippen LogP contribution in [0.1, 0.15) is 53.4 Å². The van der Waals surface area contributed by atoms with Crippen molar-refractivity contribution in [3.05, 3.63) is 91.0 Å². The van der Waals surface area contributed by atoms with Crippen molar-refractivity contribution < 1.29 is 4.43 Å². The third-order valence-corrected chi connectivity index (χ3v) is 12.2. The minimum Gasteiger partial charge on any atom is -0.385 e. The van der Waals surface area contributed by atoms with Crippen molar-refractivity contribution in [3.63, 3.8) is 0 Å². The highest BCUT2D eigenvalue weighted by molar-refractivity contribution is 7.07. The van der Waals surface area contributed by atoms with Crippen LogP contribution >= 0.6 is 0 Å². The third-order valence-electron chi connectivity index (χ3n) is 8.09. The predicted octanol–water partition coefficient (Wildman–Crippen LogP) is 5.31. The quantitative estimate of drug-likeness (QED) is 0.352. The zero-order valence-electron chi connectivity index (χ0n) is 20.9. The van der Waals surface area contributed by atoms with Crippen LogP contribution in [0.2, 0.25) is 0 Å². The number of nitrogens with zero attached hydrogens (tertiary/aromatic N) is 1. The molecule has 3 aromatic rings. The van der Waals surface area contributed by atoms with Crippen LogP contribution < -0.4 is 15.6 Å². The number of piperidine rings is 1. The summed E-state index contributed by atoms with van der Waals surface area (Å²) in [5.74, 6) is 0. The lowest BCUT2D eigenvalue weighted by molar-refractivity contribution is -0.202. The Kier molecular flexibility index (Phi) is 6.95. The molecule has 2 atom stereocenters. The number of likely N-dealkylation sites (tertiary alicyclic amines) is 1. The largest absolute Gasteiger partial charge is 0.385 e. The maximum atomic E-state index is 7.90. The van der Waals surface area contributed by atoms with E-state index in [2.05, 4.69) is 131 Å². The van der Waals surface area contributed by atoms with Gasteiger partial charge in [0.15, 0.2) is 0 Å². The van der Waals surface area contributed by atoms with Gasteiger partial charge in [-0.05, 0) is 48.3 Å². The van der Waals surface area contributed by atoms with E-state index in [4.69, 9.17) is 4.43 Å². The second-order valence-corrected chi connectivity index (χ2v) is 13.4. The van der Waals surface area contributed by atoms with Crippen molar-refractivity contribution in [1.82, 2.24) is 4.90 Å². The molecule has 174 valence electrons. The van der Waals surface area contributed by atoms with E-state index < -0.39 is 8.32 Å². The van der Waals surface area contributed by atoms with Crippen LogP contribution in [0.4, 0.5) is 0 Å². The molecule has 0 N–H and O–H groups in total. The zero-order valence-corrected chi connectivity index (χ0v) is 21.9. The second-order valence-electron chi connectivity index (χ2n) is 10.1. The van der Waals surface area contributed by atoms with Gasteiger partial charge in [-0.3, -0.25) is 4.90 Å². The molecule has 4 rings (SSSR count). The average molecular weight is 458 g/mol. The van der Waals surface area contributed by atoms with Gasteiger partial charge >= 0.3 is 0 Å². The van der Waals surface area contributed by atoms with Gasteiger partial charge in [-0.15, -0.1) is 0 Å². The Balaban J connectivity index is 2.03. The van der Waals surface area contributed by atoms with E-state index in [1.165, 1.54) is 28.4 Å². The van der Waals surface area contributed by atoms with E-state index in [1.807, 2.05) is 0 Å². The van der Waals surface area contributed by atoms with Gasteiger partial charge in [0, 0.05) is 11.5 Å². The van der Waals surface area contributed by atoms with Crippen LogP contribution in [-0.4, -0.2) is 32.0 Å². The minimum atomic E-state index is -2.82. The average Bonchev–Trinajstić information content (AvgIpc) is 2.86. The van der Waals surface area contributed by atoms with E-state index >= 15 is 0 Å². The summed E-state index contributed by atoms with van der Waals surface area (Å²) >= 11 is 0. The second kappa shape index (κ2) is 9.58. The van der Waals surface area contributed by atoms with E-state index in [1.54, 1.807) is 0 Å². The minimum absolute atomic E-state index is 0.0265. The number of hydrogen-bond acceptors (Lipinski definition) is 2. The summed E-state index contributed by atoms with van der Waals surface area (Å²) in [6.45, 7) is 9.46. The molecule has 0 aromatic heterocycles. The normalized spacial score (nSPS) is 23.4. The van der Waals surface area contributed by atoms with Crippen molar-refractivity contribution >= 4 is 23.9 Å².